The molecule has 0 aliphatic carbocycles. The lowest BCUT2D eigenvalue weighted by Gasteiger charge is -2.08. The van der Waals surface area contributed by atoms with Crippen LogP contribution in [0.1, 0.15) is 0 Å². The van der Waals surface area contributed by atoms with Crippen molar-refractivity contribution in [2.45, 2.75) is 4.90 Å². The van der Waals surface area contributed by atoms with Crippen molar-refractivity contribution in [1.29, 1.82) is 0 Å². The van der Waals surface area contributed by atoms with Crippen molar-refractivity contribution in [1.82, 2.24) is 4.98 Å². The summed E-state index contributed by atoms with van der Waals surface area (Å²) in [5, 5.41) is 0. The predicted octanol–water partition coefficient (Wildman–Crippen LogP) is 3.55. The van der Waals surface area contributed by atoms with Gasteiger partial charge in [0.2, 0.25) is 0 Å². The molecule has 22 heavy (non-hydrogen) atoms. The first-order valence-electron chi connectivity index (χ1n) is 6.74. The van der Waals surface area contributed by atoms with Crippen LogP contribution >= 0.6 is 0 Å². The molecule has 3 rings (SSSR count). The van der Waals surface area contributed by atoms with Crippen molar-refractivity contribution in [3.05, 3.63) is 79.0 Å². The number of nitrogens with zero attached hydrogens (tertiary/aromatic N) is 1. The van der Waals surface area contributed by atoms with E-state index >= 15 is 0 Å². The van der Waals surface area contributed by atoms with E-state index in [1.165, 1.54) is 0 Å². The quantitative estimate of drug-likeness (QED) is 0.801. The number of rotatable bonds is 4. The van der Waals surface area contributed by atoms with Gasteiger partial charge in [0.25, 0.3) is 10.0 Å². The maximum absolute atomic E-state index is 12.3. The Bertz CT molecular complexity index is 863. The SMILES string of the molecule is O=S(=O)(Nc1cc(-c2ccccc2)ccn1)c1ccccc1. The largest absolute Gasteiger partial charge is 0.263 e. The Morgan fingerprint density at radius 1 is 0.773 bits per heavy atom. The third kappa shape index (κ3) is 3.15. The minimum atomic E-state index is -3.62. The number of anilines is 1. The minimum absolute atomic E-state index is 0.210. The molecule has 1 heterocycles. The van der Waals surface area contributed by atoms with Gasteiger partial charge in [-0.1, -0.05) is 48.5 Å². The number of aromatic nitrogens is 1. The minimum Gasteiger partial charge on any atom is -0.263 e. The molecular formula is C17H14N2O2S. The summed E-state index contributed by atoms with van der Waals surface area (Å²) in [7, 11) is -3.62. The standard InChI is InChI=1S/C17H14N2O2S/c20-22(21,16-9-5-2-6-10-16)19-17-13-15(11-12-18-17)14-7-3-1-4-8-14/h1-13H,(H,18,19). The number of sulfonamides is 1. The highest BCUT2D eigenvalue weighted by molar-refractivity contribution is 7.92. The van der Waals surface area contributed by atoms with Gasteiger partial charge >= 0.3 is 0 Å². The molecule has 0 saturated heterocycles. The van der Waals surface area contributed by atoms with Crippen LogP contribution in [0.5, 0.6) is 0 Å². The van der Waals surface area contributed by atoms with E-state index in [1.807, 2.05) is 36.4 Å². The van der Waals surface area contributed by atoms with Crippen molar-refractivity contribution in [3.8, 4) is 11.1 Å². The van der Waals surface area contributed by atoms with Gasteiger partial charge in [-0.3, -0.25) is 4.72 Å². The smallest absolute Gasteiger partial charge is 0.263 e. The third-order valence-corrected chi connectivity index (χ3v) is 4.53. The van der Waals surface area contributed by atoms with Crippen molar-refractivity contribution in [3.63, 3.8) is 0 Å². The second-order valence-corrected chi connectivity index (χ2v) is 6.40. The number of nitrogens with one attached hydrogen (secondary N) is 1. The summed E-state index contributed by atoms with van der Waals surface area (Å²) in [6.07, 6.45) is 1.59. The highest BCUT2D eigenvalue weighted by Crippen LogP contribution is 2.22. The van der Waals surface area contributed by atoms with Gasteiger partial charge in [-0.05, 0) is 35.4 Å². The van der Waals surface area contributed by atoms with Gasteiger partial charge in [0.05, 0.1) is 4.90 Å². The summed E-state index contributed by atoms with van der Waals surface area (Å²) in [4.78, 5) is 4.30. The summed E-state index contributed by atoms with van der Waals surface area (Å²) < 4.78 is 27.1. The summed E-state index contributed by atoms with van der Waals surface area (Å²) in [5.41, 5.74) is 1.91. The molecule has 4 nitrogen and oxygen atoms in total. The van der Waals surface area contributed by atoms with Gasteiger partial charge in [0.1, 0.15) is 5.82 Å². The molecule has 3 aromatic rings. The molecule has 1 N–H and O–H groups in total. The molecule has 1 aromatic heterocycles. The van der Waals surface area contributed by atoms with Crippen LogP contribution in [0.15, 0.2) is 83.9 Å². The topological polar surface area (TPSA) is 59.1 Å². The highest BCUT2D eigenvalue weighted by Gasteiger charge is 2.14. The summed E-state index contributed by atoms with van der Waals surface area (Å²) in [5.74, 6) is 0.296. The number of pyridine rings is 1. The van der Waals surface area contributed by atoms with E-state index in [1.54, 1.807) is 42.6 Å². The molecule has 0 unspecified atom stereocenters. The summed E-state index contributed by atoms with van der Waals surface area (Å²) in [6, 6.07) is 21.5. The molecule has 0 aliphatic rings. The second-order valence-electron chi connectivity index (χ2n) is 4.71. The van der Waals surface area contributed by atoms with Crippen LogP contribution < -0.4 is 4.72 Å². The fraction of sp³-hybridized carbons (Fsp3) is 0. The van der Waals surface area contributed by atoms with Crippen LogP contribution in [0.25, 0.3) is 11.1 Å². The lowest BCUT2D eigenvalue weighted by Crippen LogP contribution is -2.13. The van der Waals surface area contributed by atoms with Gasteiger partial charge in [-0.25, -0.2) is 13.4 Å². The molecule has 0 fully saturated rings. The number of hydrogen-bond donors (Lipinski definition) is 1. The van der Waals surface area contributed by atoms with Crippen molar-refractivity contribution in [2.24, 2.45) is 0 Å². The Balaban J connectivity index is 1.91. The molecule has 0 spiro atoms. The van der Waals surface area contributed by atoms with Crippen LogP contribution in [0.3, 0.4) is 0 Å². The molecule has 5 heteroatoms. The van der Waals surface area contributed by atoms with E-state index < -0.39 is 10.0 Å². The highest BCUT2D eigenvalue weighted by atomic mass is 32.2. The predicted molar refractivity (Wildman–Crippen MR) is 86.9 cm³/mol. The second kappa shape index (κ2) is 5.99. The molecule has 110 valence electrons. The molecule has 0 atom stereocenters. The molecule has 0 radical (unpaired) electrons. The van der Waals surface area contributed by atoms with Gasteiger partial charge in [-0.2, -0.15) is 0 Å². The zero-order valence-corrected chi connectivity index (χ0v) is 12.5. The Kier molecular flexibility index (Phi) is 3.89. The lowest BCUT2D eigenvalue weighted by atomic mass is 10.1. The Morgan fingerprint density at radius 2 is 1.41 bits per heavy atom. The van der Waals surface area contributed by atoms with Gasteiger partial charge < -0.3 is 0 Å². The van der Waals surface area contributed by atoms with Crippen LogP contribution in [-0.4, -0.2) is 13.4 Å². The molecule has 0 saturated carbocycles. The molecule has 2 aromatic carbocycles. The third-order valence-electron chi connectivity index (χ3n) is 3.16. The first-order valence-corrected chi connectivity index (χ1v) is 8.23. The van der Waals surface area contributed by atoms with E-state index in [-0.39, 0.29) is 4.90 Å². The first-order chi connectivity index (χ1) is 10.6. The summed E-state index contributed by atoms with van der Waals surface area (Å²) in [6.45, 7) is 0. The van der Waals surface area contributed by atoms with Gasteiger partial charge in [-0.15, -0.1) is 0 Å². The Morgan fingerprint density at radius 3 is 2.09 bits per heavy atom. The van der Waals surface area contributed by atoms with Crippen LogP contribution in [0.4, 0.5) is 5.82 Å². The molecular weight excluding hydrogens is 296 g/mol. The fourth-order valence-electron chi connectivity index (χ4n) is 2.09. The van der Waals surface area contributed by atoms with Gasteiger partial charge in [0.15, 0.2) is 0 Å². The lowest BCUT2D eigenvalue weighted by molar-refractivity contribution is 0.601. The Labute approximate surface area is 129 Å². The maximum atomic E-state index is 12.3. The average Bonchev–Trinajstić information content (AvgIpc) is 2.56. The number of hydrogen-bond acceptors (Lipinski definition) is 3. The average molecular weight is 310 g/mol. The monoisotopic (exact) mass is 310 g/mol. The van der Waals surface area contributed by atoms with Crippen LogP contribution in [-0.2, 0) is 10.0 Å². The van der Waals surface area contributed by atoms with E-state index in [4.69, 9.17) is 0 Å². The molecule has 0 aliphatic heterocycles. The van der Waals surface area contributed by atoms with Crippen LogP contribution in [0.2, 0.25) is 0 Å². The fourth-order valence-corrected chi connectivity index (χ4v) is 3.11. The van der Waals surface area contributed by atoms with E-state index in [2.05, 4.69) is 9.71 Å². The summed E-state index contributed by atoms with van der Waals surface area (Å²) >= 11 is 0. The zero-order valence-electron chi connectivity index (χ0n) is 11.7. The first kappa shape index (κ1) is 14.3. The maximum Gasteiger partial charge on any atom is 0.263 e. The van der Waals surface area contributed by atoms with Crippen molar-refractivity contribution < 1.29 is 8.42 Å². The molecule has 0 bridgehead atoms. The normalized spacial score (nSPS) is 11.1. The van der Waals surface area contributed by atoms with E-state index in [0.717, 1.165) is 11.1 Å². The van der Waals surface area contributed by atoms with E-state index in [0.29, 0.717) is 5.82 Å². The van der Waals surface area contributed by atoms with Crippen molar-refractivity contribution >= 4 is 15.8 Å². The zero-order chi connectivity index (χ0) is 15.4. The number of benzene rings is 2. The van der Waals surface area contributed by atoms with Gasteiger partial charge in [0, 0.05) is 6.20 Å². The molecule has 0 amide bonds. The Hall–Kier alpha value is -2.66. The van der Waals surface area contributed by atoms with Crippen molar-refractivity contribution in [2.75, 3.05) is 4.72 Å². The van der Waals surface area contributed by atoms with E-state index in [9.17, 15) is 8.42 Å². The van der Waals surface area contributed by atoms with Crippen LogP contribution in [0, 0.1) is 0 Å².